The lowest BCUT2D eigenvalue weighted by Crippen LogP contribution is -2.52. The molecular formula is C16H26N2O2S. The Morgan fingerprint density at radius 3 is 2.76 bits per heavy atom. The minimum Gasteiger partial charge on any atom is -0.383 e. The molecule has 1 aromatic rings. The van der Waals surface area contributed by atoms with E-state index in [-0.39, 0.29) is 0 Å². The Balaban J connectivity index is 1.65. The average molecular weight is 310 g/mol. The summed E-state index contributed by atoms with van der Waals surface area (Å²) in [5.74, 6) is 0.311. The molecule has 1 fully saturated rings. The van der Waals surface area contributed by atoms with Gasteiger partial charge in [-0.1, -0.05) is 6.07 Å². The number of carbonyl (C=O) groups is 1. The molecule has 0 radical (unpaired) electrons. The van der Waals surface area contributed by atoms with Crippen LogP contribution in [-0.4, -0.2) is 61.6 Å². The first kappa shape index (κ1) is 16.5. The molecule has 5 heteroatoms. The number of ether oxygens (including phenoxy) is 1. The Morgan fingerprint density at radius 2 is 2.14 bits per heavy atom. The highest BCUT2D eigenvalue weighted by Gasteiger charge is 2.23. The van der Waals surface area contributed by atoms with E-state index >= 15 is 0 Å². The normalized spacial score (nSPS) is 17.9. The predicted molar refractivity (Wildman–Crippen MR) is 86.7 cm³/mol. The molecular weight excluding hydrogens is 284 g/mol. The van der Waals surface area contributed by atoms with Gasteiger partial charge in [0.2, 0.25) is 5.91 Å². The molecule has 1 amide bonds. The molecule has 1 unspecified atom stereocenters. The third-order valence-corrected chi connectivity index (χ3v) is 5.03. The first-order valence-corrected chi connectivity index (χ1v) is 8.62. The second-order valence-electron chi connectivity index (χ2n) is 5.65. The smallest absolute Gasteiger partial charge is 0.222 e. The molecule has 0 aliphatic carbocycles. The number of thiophene rings is 1. The lowest BCUT2D eigenvalue weighted by atomic mass is 10.1. The van der Waals surface area contributed by atoms with Crippen LogP contribution in [0.25, 0.3) is 0 Å². The highest BCUT2D eigenvalue weighted by atomic mass is 32.1. The van der Waals surface area contributed by atoms with Gasteiger partial charge in [-0.25, -0.2) is 0 Å². The van der Waals surface area contributed by atoms with Crippen molar-refractivity contribution in [2.24, 2.45) is 0 Å². The zero-order valence-corrected chi connectivity index (χ0v) is 13.9. The Hall–Kier alpha value is -0.910. The van der Waals surface area contributed by atoms with E-state index in [0.29, 0.717) is 18.4 Å². The average Bonchev–Trinajstić information content (AvgIpc) is 3.01. The van der Waals surface area contributed by atoms with Crippen molar-refractivity contribution in [1.82, 2.24) is 9.80 Å². The van der Waals surface area contributed by atoms with E-state index in [4.69, 9.17) is 4.74 Å². The third-order valence-electron chi connectivity index (χ3n) is 4.09. The fraction of sp³-hybridized carbons (Fsp3) is 0.688. The third kappa shape index (κ3) is 5.09. The molecule has 1 aliphatic rings. The van der Waals surface area contributed by atoms with Crippen LogP contribution in [-0.2, 0) is 16.0 Å². The van der Waals surface area contributed by atoms with Gasteiger partial charge in [-0.05, 0) is 31.2 Å². The largest absolute Gasteiger partial charge is 0.383 e. The van der Waals surface area contributed by atoms with Gasteiger partial charge in [-0.3, -0.25) is 9.69 Å². The molecule has 0 bridgehead atoms. The number of aryl methyl sites for hydroxylation is 1. The van der Waals surface area contributed by atoms with Gasteiger partial charge >= 0.3 is 0 Å². The maximum absolute atomic E-state index is 12.2. The number of hydrogen-bond donors (Lipinski definition) is 0. The molecule has 2 heterocycles. The molecule has 2 rings (SSSR count). The second kappa shape index (κ2) is 8.51. The molecule has 21 heavy (non-hydrogen) atoms. The number of nitrogens with zero attached hydrogens (tertiary/aromatic N) is 2. The number of piperazine rings is 1. The van der Waals surface area contributed by atoms with Crippen molar-refractivity contribution in [1.29, 1.82) is 0 Å². The Morgan fingerprint density at radius 1 is 1.38 bits per heavy atom. The first-order valence-electron chi connectivity index (χ1n) is 7.74. The zero-order valence-electron chi connectivity index (χ0n) is 13.1. The summed E-state index contributed by atoms with van der Waals surface area (Å²) in [7, 11) is 1.74. The number of rotatable bonds is 7. The fourth-order valence-corrected chi connectivity index (χ4v) is 3.54. The summed E-state index contributed by atoms with van der Waals surface area (Å²) < 4.78 is 5.20. The van der Waals surface area contributed by atoms with Gasteiger partial charge in [0.25, 0.3) is 0 Å². The van der Waals surface area contributed by atoms with Crippen molar-refractivity contribution in [3.05, 3.63) is 22.4 Å². The SMILES string of the molecule is COCC(C)N1CCN(C(=O)CCCc2cccs2)CC1. The van der Waals surface area contributed by atoms with E-state index in [1.54, 1.807) is 18.4 Å². The van der Waals surface area contributed by atoms with Crippen LogP contribution in [0, 0.1) is 0 Å². The maximum Gasteiger partial charge on any atom is 0.222 e. The van der Waals surface area contributed by atoms with Crippen LogP contribution in [0.5, 0.6) is 0 Å². The quantitative estimate of drug-likeness (QED) is 0.774. The van der Waals surface area contributed by atoms with Gasteiger partial charge < -0.3 is 9.64 Å². The lowest BCUT2D eigenvalue weighted by Gasteiger charge is -2.37. The van der Waals surface area contributed by atoms with Gasteiger partial charge in [-0.2, -0.15) is 0 Å². The van der Waals surface area contributed by atoms with Crippen molar-refractivity contribution < 1.29 is 9.53 Å². The van der Waals surface area contributed by atoms with Crippen molar-refractivity contribution in [2.75, 3.05) is 39.9 Å². The first-order chi connectivity index (χ1) is 10.2. The lowest BCUT2D eigenvalue weighted by molar-refractivity contribution is -0.133. The summed E-state index contributed by atoms with van der Waals surface area (Å²) in [5.41, 5.74) is 0. The van der Waals surface area contributed by atoms with Crippen LogP contribution in [0.1, 0.15) is 24.6 Å². The second-order valence-corrected chi connectivity index (χ2v) is 6.69. The van der Waals surface area contributed by atoms with Gasteiger partial charge in [0.05, 0.1) is 6.61 Å². The van der Waals surface area contributed by atoms with E-state index in [2.05, 4.69) is 29.3 Å². The highest BCUT2D eigenvalue weighted by Crippen LogP contribution is 2.13. The summed E-state index contributed by atoms with van der Waals surface area (Å²) in [6.45, 7) is 6.57. The van der Waals surface area contributed by atoms with Crippen LogP contribution in [0.15, 0.2) is 17.5 Å². The van der Waals surface area contributed by atoms with E-state index in [0.717, 1.165) is 45.6 Å². The van der Waals surface area contributed by atoms with Gasteiger partial charge in [0, 0.05) is 50.6 Å². The standard InChI is InChI=1S/C16H26N2O2S/c1-14(13-20-2)17-8-10-18(11-9-17)16(19)7-3-5-15-6-4-12-21-15/h4,6,12,14H,3,5,7-11,13H2,1-2H3. The van der Waals surface area contributed by atoms with E-state index in [1.165, 1.54) is 4.88 Å². The van der Waals surface area contributed by atoms with Crippen LogP contribution < -0.4 is 0 Å². The van der Waals surface area contributed by atoms with Crippen LogP contribution >= 0.6 is 11.3 Å². The Bertz CT molecular complexity index is 414. The summed E-state index contributed by atoms with van der Waals surface area (Å²) in [4.78, 5) is 18.0. The van der Waals surface area contributed by atoms with Gasteiger partial charge in [0.15, 0.2) is 0 Å². The van der Waals surface area contributed by atoms with Crippen LogP contribution in [0.4, 0.5) is 0 Å². The van der Waals surface area contributed by atoms with Crippen molar-refractivity contribution in [2.45, 2.75) is 32.2 Å². The monoisotopic (exact) mass is 310 g/mol. The minimum atomic E-state index is 0.311. The number of carbonyl (C=O) groups excluding carboxylic acids is 1. The van der Waals surface area contributed by atoms with E-state index in [1.807, 2.05) is 4.90 Å². The summed E-state index contributed by atoms with van der Waals surface area (Å²) in [5, 5.41) is 2.09. The molecule has 0 saturated carbocycles. The van der Waals surface area contributed by atoms with E-state index < -0.39 is 0 Å². The summed E-state index contributed by atoms with van der Waals surface area (Å²) in [6.07, 6.45) is 2.65. The number of methoxy groups -OCH3 is 1. The van der Waals surface area contributed by atoms with Gasteiger partial charge in [0.1, 0.15) is 0 Å². The Labute approximate surface area is 131 Å². The van der Waals surface area contributed by atoms with Crippen LogP contribution in [0.2, 0.25) is 0 Å². The summed E-state index contributed by atoms with van der Waals surface area (Å²) in [6, 6.07) is 4.65. The zero-order chi connectivity index (χ0) is 15.1. The molecule has 1 saturated heterocycles. The minimum absolute atomic E-state index is 0.311. The molecule has 1 atom stereocenters. The topological polar surface area (TPSA) is 32.8 Å². The predicted octanol–water partition coefficient (Wildman–Crippen LogP) is 2.25. The number of amides is 1. The molecule has 118 valence electrons. The van der Waals surface area contributed by atoms with Crippen molar-refractivity contribution in [3.8, 4) is 0 Å². The molecule has 4 nitrogen and oxygen atoms in total. The Kier molecular flexibility index (Phi) is 6.67. The molecule has 0 spiro atoms. The molecule has 0 aromatic carbocycles. The van der Waals surface area contributed by atoms with Crippen molar-refractivity contribution >= 4 is 17.2 Å². The fourth-order valence-electron chi connectivity index (χ4n) is 2.79. The van der Waals surface area contributed by atoms with Gasteiger partial charge in [-0.15, -0.1) is 11.3 Å². The highest BCUT2D eigenvalue weighted by molar-refractivity contribution is 7.09. The number of hydrogen-bond acceptors (Lipinski definition) is 4. The van der Waals surface area contributed by atoms with Crippen molar-refractivity contribution in [3.63, 3.8) is 0 Å². The molecule has 1 aromatic heterocycles. The molecule has 1 aliphatic heterocycles. The van der Waals surface area contributed by atoms with E-state index in [9.17, 15) is 4.79 Å². The maximum atomic E-state index is 12.2. The molecule has 0 N–H and O–H groups in total. The summed E-state index contributed by atoms with van der Waals surface area (Å²) >= 11 is 1.77. The van der Waals surface area contributed by atoms with Crippen LogP contribution in [0.3, 0.4) is 0 Å².